The van der Waals surface area contributed by atoms with Crippen LogP contribution in [0.3, 0.4) is 0 Å². The number of hydrogen-bond donors (Lipinski definition) is 1. The van der Waals surface area contributed by atoms with Gasteiger partial charge in [0.05, 0.1) is 5.92 Å². The number of anilines is 1. The molecule has 0 aromatic heterocycles. The Hall–Kier alpha value is -2.16. The van der Waals surface area contributed by atoms with Gasteiger partial charge in [0.2, 0.25) is 0 Å². The van der Waals surface area contributed by atoms with E-state index in [1.54, 1.807) is 12.1 Å². The fourth-order valence-electron chi connectivity index (χ4n) is 2.50. The Bertz CT molecular complexity index is 606. The van der Waals surface area contributed by atoms with Gasteiger partial charge in [0.1, 0.15) is 11.6 Å². The van der Waals surface area contributed by atoms with Crippen LogP contribution < -0.4 is 5.32 Å². The Labute approximate surface area is 111 Å². The molecule has 96 valence electrons. The van der Waals surface area contributed by atoms with E-state index in [9.17, 15) is 9.18 Å². The quantitative estimate of drug-likeness (QED) is 0.912. The van der Waals surface area contributed by atoms with Crippen LogP contribution in [0.5, 0.6) is 0 Å². The second-order valence-corrected chi connectivity index (χ2v) is 4.79. The van der Waals surface area contributed by atoms with Crippen LogP contribution in [0.25, 0.3) is 0 Å². The second-order valence-electron chi connectivity index (χ2n) is 4.79. The van der Waals surface area contributed by atoms with Gasteiger partial charge in [-0.15, -0.1) is 0 Å². The summed E-state index contributed by atoms with van der Waals surface area (Å²) in [6.45, 7) is 0.652. The van der Waals surface area contributed by atoms with Gasteiger partial charge in [0, 0.05) is 18.7 Å². The van der Waals surface area contributed by atoms with Gasteiger partial charge in [-0.25, -0.2) is 4.39 Å². The van der Waals surface area contributed by atoms with Crippen LogP contribution in [0.1, 0.15) is 17.0 Å². The molecule has 0 aliphatic carbocycles. The van der Waals surface area contributed by atoms with E-state index in [0.717, 1.165) is 16.8 Å². The number of para-hydroxylation sites is 1. The molecule has 19 heavy (non-hydrogen) atoms. The smallest absolute Gasteiger partial charge is 0.146 e. The maximum atomic E-state index is 12.8. The minimum absolute atomic E-state index is 0.0961. The first-order valence-corrected chi connectivity index (χ1v) is 6.34. The maximum Gasteiger partial charge on any atom is 0.146 e. The molecule has 3 rings (SSSR count). The number of carbonyl (C=O) groups is 1. The zero-order valence-corrected chi connectivity index (χ0v) is 10.4. The molecule has 1 aliphatic heterocycles. The zero-order valence-electron chi connectivity index (χ0n) is 10.4. The van der Waals surface area contributed by atoms with Crippen molar-refractivity contribution in [2.75, 3.05) is 11.9 Å². The summed E-state index contributed by atoms with van der Waals surface area (Å²) in [6.07, 6.45) is 0.348. The lowest BCUT2D eigenvalue weighted by molar-refractivity contribution is -0.119. The number of nitrogens with one attached hydrogen (secondary N) is 1. The molecule has 0 fully saturated rings. The molecule has 3 heteroatoms. The summed E-state index contributed by atoms with van der Waals surface area (Å²) in [5, 5.41) is 3.25. The highest BCUT2D eigenvalue weighted by molar-refractivity contribution is 5.91. The van der Waals surface area contributed by atoms with Gasteiger partial charge in [-0.3, -0.25) is 4.79 Å². The largest absolute Gasteiger partial charge is 0.384 e. The highest BCUT2D eigenvalue weighted by atomic mass is 19.1. The van der Waals surface area contributed by atoms with Crippen LogP contribution in [0.4, 0.5) is 10.1 Å². The highest BCUT2D eigenvalue weighted by Crippen LogP contribution is 2.32. The van der Waals surface area contributed by atoms with E-state index in [1.807, 2.05) is 24.3 Å². The first-order valence-electron chi connectivity index (χ1n) is 6.34. The first kappa shape index (κ1) is 11.9. The molecule has 1 aliphatic rings. The van der Waals surface area contributed by atoms with Gasteiger partial charge in [-0.05, 0) is 29.3 Å². The lowest BCUT2D eigenvalue weighted by Crippen LogP contribution is -2.16. The van der Waals surface area contributed by atoms with E-state index in [4.69, 9.17) is 0 Å². The predicted molar refractivity (Wildman–Crippen MR) is 72.8 cm³/mol. The van der Waals surface area contributed by atoms with E-state index in [0.29, 0.717) is 13.0 Å². The van der Waals surface area contributed by atoms with Gasteiger partial charge >= 0.3 is 0 Å². The Kier molecular flexibility index (Phi) is 3.03. The van der Waals surface area contributed by atoms with E-state index in [-0.39, 0.29) is 17.5 Å². The summed E-state index contributed by atoms with van der Waals surface area (Å²) in [6, 6.07) is 14.0. The summed E-state index contributed by atoms with van der Waals surface area (Å²) >= 11 is 0. The molecule has 0 spiro atoms. The summed E-state index contributed by atoms with van der Waals surface area (Å²) < 4.78 is 12.8. The molecule has 2 nitrogen and oxygen atoms in total. The molecule has 0 amide bonds. The lowest BCUT2D eigenvalue weighted by Gasteiger charge is -2.09. The van der Waals surface area contributed by atoms with Crippen molar-refractivity contribution in [2.24, 2.45) is 0 Å². The number of fused-ring (bicyclic) bond motifs is 1. The van der Waals surface area contributed by atoms with E-state index in [2.05, 4.69) is 5.32 Å². The average molecular weight is 255 g/mol. The normalized spacial score (nSPS) is 16.8. The summed E-state index contributed by atoms with van der Waals surface area (Å²) in [5.74, 6) is -0.200. The Morgan fingerprint density at radius 2 is 1.89 bits per heavy atom. The molecule has 1 heterocycles. The molecule has 2 aromatic carbocycles. The molecule has 1 N–H and O–H groups in total. The van der Waals surface area contributed by atoms with Crippen LogP contribution >= 0.6 is 0 Å². The molecule has 1 atom stereocenters. The minimum Gasteiger partial charge on any atom is -0.384 e. The lowest BCUT2D eigenvalue weighted by atomic mass is 9.93. The van der Waals surface area contributed by atoms with Crippen LogP contribution in [-0.4, -0.2) is 12.3 Å². The molecule has 0 radical (unpaired) electrons. The van der Waals surface area contributed by atoms with Crippen LogP contribution in [0.2, 0.25) is 0 Å². The van der Waals surface area contributed by atoms with Crippen LogP contribution in [-0.2, 0) is 11.2 Å². The average Bonchev–Trinajstić information content (AvgIpc) is 2.85. The topological polar surface area (TPSA) is 29.1 Å². The number of rotatable bonds is 3. The Morgan fingerprint density at radius 3 is 2.68 bits per heavy atom. The van der Waals surface area contributed by atoms with Crippen molar-refractivity contribution in [1.82, 2.24) is 0 Å². The Balaban J connectivity index is 1.77. The fraction of sp³-hybridized carbons (Fsp3) is 0.188. The number of carbonyl (C=O) groups excluding carboxylic acids is 1. The van der Waals surface area contributed by atoms with Crippen LogP contribution in [0, 0.1) is 5.82 Å². The summed E-state index contributed by atoms with van der Waals surface area (Å²) in [4.78, 5) is 12.3. The number of Topliss-reactive ketones (excluding diaryl/α,β-unsaturated/α-hetero) is 1. The van der Waals surface area contributed by atoms with Gasteiger partial charge in [0.25, 0.3) is 0 Å². The predicted octanol–water partition coefficient (Wildman–Crippen LogP) is 3.15. The SMILES string of the molecule is O=C(Cc1ccc(F)cc1)C1CNc2ccccc21. The minimum atomic E-state index is -0.274. The third-order valence-electron chi connectivity index (χ3n) is 3.51. The molecule has 0 saturated carbocycles. The molecule has 2 aromatic rings. The Morgan fingerprint density at radius 1 is 1.16 bits per heavy atom. The van der Waals surface area contributed by atoms with Gasteiger partial charge < -0.3 is 5.32 Å². The second kappa shape index (κ2) is 4.84. The summed E-state index contributed by atoms with van der Waals surface area (Å²) in [7, 11) is 0. The molecule has 0 bridgehead atoms. The molecule has 1 unspecified atom stereocenters. The first-order chi connectivity index (χ1) is 9.24. The third-order valence-corrected chi connectivity index (χ3v) is 3.51. The fourth-order valence-corrected chi connectivity index (χ4v) is 2.50. The van der Waals surface area contributed by atoms with E-state index in [1.165, 1.54) is 12.1 Å². The number of hydrogen-bond acceptors (Lipinski definition) is 2. The van der Waals surface area contributed by atoms with Gasteiger partial charge in [-0.1, -0.05) is 30.3 Å². The molecular weight excluding hydrogens is 241 g/mol. The van der Waals surface area contributed by atoms with E-state index < -0.39 is 0 Å². The molecule has 0 saturated heterocycles. The maximum absolute atomic E-state index is 12.8. The van der Waals surface area contributed by atoms with Crippen molar-refractivity contribution in [3.63, 3.8) is 0 Å². The standard InChI is InChI=1S/C16H14FNO/c17-12-7-5-11(6-8-12)9-16(19)14-10-18-15-4-2-1-3-13(14)15/h1-8,14,18H,9-10H2. The number of ketones is 1. The third kappa shape index (κ3) is 2.36. The zero-order chi connectivity index (χ0) is 13.2. The highest BCUT2D eigenvalue weighted by Gasteiger charge is 2.27. The molecular formula is C16H14FNO. The van der Waals surface area contributed by atoms with E-state index >= 15 is 0 Å². The van der Waals surface area contributed by atoms with Gasteiger partial charge in [-0.2, -0.15) is 0 Å². The van der Waals surface area contributed by atoms with Crippen molar-refractivity contribution in [3.05, 3.63) is 65.5 Å². The van der Waals surface area contributed by atoms with Crippen LogP contribution in [0.15, 0.2) is 48.5 Å². The van der Waals surface area contributed by atoms with Crippen molar-refractivity contribution in [2.45, 2.75) is 12.3 Å². The van der Waals surface area contributed by atoms with Crippen molar-refractivity contribution < 1.29 is 9.18 Å². The summed E-state index contributed by atoms with van der Waals surface area (Å²) in [5.41, 5.74) is 2.96. The van der Waals surface area contributed by atoms with Crippen molar-refractivity contribution >= 4 is 11.5 Å². The number of benzene rings is 2. The van der Waals surface area contributed by atoms with Gasteiger partial charge in [0.15, 0.2) is 0 Å². The number of halogens is 1. The van der Waals surface area contributed by atoms with Crippen molar-refractivity contribution in [1.29, 1.82) is 0 Å². The van der Waals surface area contributed by atoms with Crippen molar-refractivity contribution in [3.8, 4) is 0 Å². The monoisotopic (exact) mass is 255 g/mol.